The number of allylic oxidation sites excluding steroid dienone is 12. The summed E-state index contributed by atoms with van der Waals surface area (Å²) in [6.07, 6.45) is 19.8. The first kappa shape index (κ1) is 24.1. The zero-order valence-corrected chi connectivity index (χ0v) is 19.7. The third kappa shape index (κ3) is 6.65. The summed E-state index contributed by atoms with van der Waals surface area (Å²) in [5.41, 5.74) is 5.81. The lowest BCUT2D eigenvalue weighted by molar-refractivity contribution is -0.125. The number of hydrogen-bond acceptors (Lipinski definition) is 2. The lowest BCUT2D eigenvalue weighted by Crippen LogP contribution is -2.25. The highest BCUT2D eigenvalue weighted by Crippen LogP contribution is 2.40. The molecule has 0 bridgehead atoms. The van der Waals surface area contributed by atoms with Gasteiger partial charge in [-0.2, -0.15) is 0 Å². The Morgan fingerprint density at radius 2 is 1.67 bits per heavy atom. The summed E-state index contributed by atoms with van der Waals surface area (Å²) in [5.74, 6) is 0.191. The molecule has 162 valence electrons. The zero-order valence-electron chi connectivity index (χ0n) is 19.7. The van der Waals surface area contributed by atoms with Gasteiger partial charge in [0, 0.05) is 12.8 Å². The summed E-state index contributed by atoms with van der Waals surface area (Å²) in [6, 6.07) is 0. The highest BCUT2D eigenvalue weighted by Gasteiger charge is 2.29. The second kappa shape index (κ2) is 10.7. The average Bonchev–Trinajstić information content (AvgIpc) is 2.66. The molecule has 2 rings (SSSR count). The quantitative estimate of drug-likeness (QED) is 0.261. The summed E-state index contributed by atoms with van der Waals surface area (Å²) in [4.78, 5) is 24.4. The molecule has 2 aliphatic carbocycles. The van der Waals surface area contributed by atoms with E-state index in [1.54, 1.807) is 6.08 Å². The van der Waals surface area contributed by atoms with E-state index in [9.17, 15) is 9.59 Å². The predicted octanol–water partition coefficient (Wildman–Crippen LogP) is 7.40. The molecular weight excluding hydrogens is 368 g/mol. The third-order valence-corrected chi connectivity index (χ3v) is 6.41. The standard InChI is InChI=1S/C28H38O2/c1-7-23-18-26(29)24(27(30)19-23)15-13-20(2)10-8-11-21(3)14-16-25-22(4)12-9-17-28(25,5)6/h8,10-11,13-16,23H,7,9,12,17-19H2,1-6H3/b10-8+,16-14+,20-13+,21-11+,24-15?. The summed E-state index contributed by atoms with van der Waals surface area (Å²) in [6.45, 7) is 13.1. The summed E-state index contributed by atoms with van der Waals surface area (Å²) < 4.78 is 0. The van der Waals surface area contributed by atoms with Crippen LogP contribution in [0.4, 0.5) is 0 Å². The van der Waals surface area contributed by atoms with E-state index < -0.39 is 0 Å². The second-order valence-corrected chi connectivity index (χ2v) is 9.55. The molecule has 2 aliphatic rings. The Morgan fingerprint density at radius 3 is 2.27 bits per heavy atom. The van der Waals surface area contributed by atoms with Crippen molar-refractivity contribution in [2.24, 2.45) is 11.3 Å². The van der Waals surface area contributed by atoms with Crippen LogP contribution in [0.5, 0.6) is 0 Å². The number of Topliss-reactive ketones (excluding diaryl/α,β-unsaturated/α-hetero) is 2. The van der Waals surface area contributed by atoms with Gasteiger partial charge in [-0.15, -0.1) is 0 Å². The summed E-state index contributed by atoms with van der Waals surface area (Å²) in [7, 11) is 0. The van der Waals surface area contributed by atoms with Gasteiger partial charge in [-0.25, -0.2) is 0 Å². The van der Waals surface area contributed by atoms with Crippen molar-refractivity contribution in [2.45, 2.75) is 80.1 Å². The maximum Gasteiger partial charge on any atom is 0.166 e. The fourth-order valence-electron chi connectivity index (χ4n) is 4.35. The van der Waals surface area contributed by atoms with Gasteiger partial charge in [-0.3, -0.25) is 9.59 Å². The van der Waals surface area contributed by atoms with Gasteiger partial charge in [-0.1, -0.05) is 80.4 Å². The lowest BCUT2D eigenvalue weighted by Gasteiger charge is -2.32. The normalized spacial score (nSPS) is 23.8. The van der Waals surface area contributed by atoms with Crippen LogP contribution in [-0.4, -0.2) is 11.6 Å². The Labute approximate surface area is 183 Å². The van der Waals surface area contributed by atoms with Crippen molar-refractivity contribution in [1.29, 1.82) is 0 Å². The zero-order chi connectivity index (χ0) is 22.3. The van der Waals surface area contributed by atoms with Crippen molar-refractivity contribution < 1.29 is 9.59 Å². The van der Waals surface area contributed by atoms with E-state index in [1.807, 2.05) is 32.1 Å². The van der Waals surface area contributed by atoms with E-state index in [-0.39, 0.29) is 22.9 Å². The molecule has 0 heterocycles. The Morgan fingerprint density at radius 1 is 1.03 bits per heavy atom. The molecule has 0 atom stereocenters. The summed E-state index contributed by atoms with van der Waals surface area (Å²) in [5, 5.41) is 0. The van der Waals surface area contributed by atoms with Gasteiger partial charge in [0.1, 0.15) is 0 Å². The van der Waals surface area contributed by atoms with E-state index >= 15 is 0 Å². The van der Waals surface area contributed by atoms with Crippen LogP contribution in [0.1, 0.15) is 80.1 Å². The maximum atomic E-state index is 12.2. The molecule has 1 saturated carbocycles. The van der Waals surface area contributed by atoms with E-state index in [2.05, 4.69) is 45.9 Å². The van der Waals surface area contributed by atoms with E-state index in [0.29, 0.717) is 18.4 Å². The topological polar surface area (TPSA) is 34.1 Å². The van der Waals surface area contributed by atoms with Gasteiger partial charge < -0.3 is 0 Å². The largest absolute Gasteiger partial charge is 0.294 e. The lowest BCUT2D eigenvalue weighted by atomic mass is 9.72. The van der Waals surface area contributed by atoms with Crippen molar-refractivity contribution in [3.63, 3.8) is 0 Å². The number of hydrogen-bond donors (Lipinski definition) is 0. The monoisotopic (exact) mass is 406 g/mol. The highest BCUT2D eigenvalue weighted by atomic mass is 16.1. The molecule has 0 aromatic heterocycles. The number of rotatable bonds is 6. The maximum absolute atomic E-state index is 12.2. The minimum atomic E-state index is -0.0118. The van der Waals surface area contributed by atoms with Crippen LogP contribution in [0.3, 0.4) is 0 Å². The molecule has 0 aliphatic heterocycles. The second-order valence-electron chi connectivity index (χ2n) is 9.55. The number of carbonyl (C=O) groups is 2. The summed E-state index contributed by atoms with van der Waals surface area (Å²) >= 11 is 0. The van der Waals surface area contributed by atoms with Gasteiger partial charge in [0.15, 0.2) is 11.6 Å². The van der Waals surface area contributed by atoms with Crippen molar-refractivity contribution in [2.75, 3.05) is 0 Å². The smallest absolute Gasteiger partial charge is 0.166 e. The number of carbonyl (C=O) groups excluding carboxylic acids is 2. The minimum Gasteiger partial charge on any atom is -0.294 e. The minimum absolute atomic E-state index is 0.0118. The molecule has 0 aromatic carbocycles. The molecule has 2 nitrogen and oxygen atoms in total. The predicted molar refractivity (Wildman–Crippen MR) is 127 cm³/mol. The molecule has 0 saturated heterocycles. The van der Waals surface area contributed by atoms with Crippen LogP contribution in [0.2, 0.25) is 0 Å². The van der Waals surface area contributed by atoms with Crippen LogP contribution in [-0.2, 0) is 9.59 Å². The van der Waals surface area contributed by atoms with Crippen LogP contribution in [0.15, 0.2) is 70.4 Å². The molecule has 2 heteroatoms. The molecule has 0 radical (unpaired) electrons. The highest BCUT2D eigenvalue weighted by molar-refractivity contribution is 6.22. The Bertz CT molecular complexity index is 833. The third-order valence-electron chi connectivity index (χ3n) is 6.41. The molecule has 0 amide bonds. The van der Waals surface area contributed by atoms with Crippen molar-refractivity contribution in [3.05, 3.63) is 70.4 Å². The molecule has 0 spiro atoms. The van der Waals surface area contributed by atoms with Crippen LogP contribution < -0.4 is 0 Å². The van der Waals surface area contributed by atoms with Crippen LogP contribution in [0, 0.1) is 11.3 Å². The van der Waals surface area contributed by atoms with Crippen LogP contribution >= 0.6 is 0 Å². The molecular formula is C28H38O2. The van der Waals surface area contributed by atoms with E-state index in [1.165, 1.54) is 36.0 Å². The van der Waals surface area contributed by atoms with Crippen molar-refractivity contribution in [3.8, 4) is 0 Å². The Kier molecular flexibility index (Phi) is 8.58. The van der Waals surface area contributed by atoms with Gasteiger partial charge in [-0.05, 0) is 63.0 Å². The van der Waals surface area contributed by atoms with Gasteiger partial charge in [0.25, 0.3) is 0 Å². The van der Waals surface area contributed by atoms with Crippen molar-refractivity contribution in [1.82, 2.24) is 0 Å². The Balaban J connectivity index is 2.02. The SMILES string of the molecule is CCC1CC(=O)C(=C/C=C(C)/C=C/C=C(C)/C=C/C2=C(C)CCCC2(C)C)C(=O)C1. The van der Waals surface area contributed by atoms with E-state index in [0.717, 1.165) is 12.0 Å². The van der Waals surface area contributed by atoms with Crippen molar-refractivity contribution >= 4 is 11.6 Å². The van der Waals surface area contributed by atoms with Gasteiger partial charge in [0.2, 0.25) is 0 Å². The molecule has 0 unspecified atom stereocenters. The first-order chi connectivity index (χ1) is 14.1. The van der Waals surface area contributed by atoms with Gasteiger partial charge >= 0.3 is 0 Å². The van der Waals surface area contributed by atoms with Gasteiger partial charge in [0.05, 0.1) is 5.57 Å². The molecule has 1 fully saturated rings. The Hall–Kier alpha value is -2.22. The molecule has 30 heavy (non-hydrogen) atoms. The van der Waals surface area contributed by atoms with E-state index in [4.69, 9.17) is 0 Å². The van der Waals surface area contributed by atoms with Crippen LogP contribution in [0.25, 0.3) is 0 Å². The first-order valence-electron chi connectivity index (χ1n) is 11.3. The first-order valence-corrected chi connectivity index (χ1v) is 11.3. The molecule has 0 N–H and O–H groups in total. The fourth-order valence-corrected chi connectivity index (χ4v) is 4.35. The average molecular weight is 407 g/mol. The fraction of sp³-hybridized carbons (Fsp3) is 0.500. The number of ketones is 2. The molecule has 0 aromatic rings.